The number of halogens is 1. The predicted molar refractivity (Wildman–Crippen MR) is 185 cm³/mol. The lowest BCUT2D eigenvalue weighted by Gasteiger charge is -2.14. The average molecular weight is 652 g/mol. The van der Waals surface area contributed by atoms with Gasteiger partial charge in [0.1, 0.15) is 11.5 Å². The minimum Gasteiger partial charge on any atom is -0.378 e. The van der Waals surface area contributed by atoms with Crippen molar-refractivity contribution in [3.63, 3.8) is 0 Å². The summed E-state index contributed by atoms with van der Waals surface area (Å²) < 4.78 is 13.2. The number of carbonyl (C=O) groups excluding carboxylic acids is 3. The number of nitrogens with one attached hydrogen (secondary N) is 3. The number of carbonyl (C=O) groups is 3. The topological polar surface area (TPSA) is 103 Å². The highest BCUT2D eigenvalue weighted by Crippen LogP contribution is 2.26. The van der Waals surface area contributed by atoms with Crippen LogP contribution in [0.25, 0.3) is 17.3 Å². The highest BCUT2D eigenvalue weighted by molar-refractivity contribution is 8.00. The van der Waals surface area contributed by atoms with Crippen molar-refractivity contribution in [2.24, 2.45) is 0 Å². The van der Waals surface area contributed by atoms with Crippen LogP contribution in [0.3, 0.4) is 0 Å². The number of rotatable bonds is 11. The van der Waals surface area contributed by atoms with Crippen LogP contribution in [0.5, 0.6) is 0 Å². The lowest BCUT2D eigenvalue weighted by atomic mass is 10.1. The number of anilines is 3. The van der Waals surface area contributed by atoms with E-state index >= 15 is 0 Å². The van der Waals surface area contributed by atoms with Gasteiger partial charge in [-0.2, -0.15) is 0 Å². The van der Waals surface area contributed by atoms with Gasteiger partial charge >= 0.3 is 0 Å². The highest BCUT2D eigenvalue weighted by Gasteiger charge is 2.16. The van der Waals surface area contributed by atoms with Gasteiger partial charge < -0.3 is 20.9 Å². The van der Waals surface area contributed by atoms with Crippen LogP contribution in [0.1, 0.15) is 15.9 Å². The second kappa shape index (κ2) is 15.2. The first-order chi connectivity index (χ1) is 22.2. The summed E-state index contributed by atoms with van der Waals surface area (Å²) in [7, 11) is 3.88. The fourth-order valence-corrected chi connectivity index (χ4v) is 5.72. The third-order valence-electron chi connectivity index (χ3n) is 6.60. The number of nitrogens with zero attached hydrogens (tertiary/aromatic N) is 2. The Bertz CT molecular complexity index is 1860. The second-order valence-electron chi connectivity index (χ2n) is 10.2. The molecule has 11 heteroatoms. The van der Waals surface area contributed by atoms with E-state index in [4.69, 9.17) is 0 Å². The Hall–Kier alpha value is -5.26. The number of hydrogen-bond acceptors (Lipinski definition) is 7. The molecule has 0 saturated carbocycles. The normalized spacial score (nSPS) is 11.1. The van der Waals surface area contributed by atoms with Crippen LogP contribution in [0.4, 0.5) is 20.9 Å². The fourth-order valence-electron chi connectivity index (χ4n) is 4.23. The molecule has 0 saturated heterocycles. The van der Waals surface area contributed by atoms with Crippen molar-refractivity contribution in [1.82, 2.24) is 10.3 Å². The molecule has 3 N–H and O–H groups in total. The maximum Gasteiger partial charge on any atom is 0.272 e. The molecule has 8 nitrogen and oxygen atoms in total. The zero-order chi connectivity index (χ0) is 32.5. The minimum atomic E-state index is -0.499. The summed E-state index contributed by atoms with van der Waals surface area (Å²) in [5.41, 5.74) is 4.15. The standard InChI is InChI=1S/C35H30FN5O3S2/c1-41(2)28-17-11-23(12-18-28)19-30(38-33(43)25-7-4-3-5-8-25)34(44)37-27-9-6-10-29(20-27)45-22-32(42)40-35-39-31(21-46-35)24-13-15-26(36)16-14-24/h3-21H,22H2,1-2H3,(H,37,44)(H,38,43)(H,39,40,42)/b30-19+. The molecule has 1 aromatic heterocycles. The van der Waals surface area contributed by atoms with Gasteiger partial charge in [0.15, 0.2) is 5.13 Å². The summed E-state index contributed by atoms with van der Waals surface area (Å²) in [5.74, 6) is -1.36. The molecule has 0 aliphatic carbocycles. The van der Waals surface area contributed by atoms with Crippen molar-refractivity contribution in [2.75, 3.05) is 35.4 Å². The Morgan fingerprint density at radius 2 is 1.63 bits per heavy atom. The van der Waals surface area contributed by atoms with Crippen molar-refractivity contribution in [1.29, 1.82) is 0 Å². The third kappa shape index (κ3) is 8.90. The molecular formula is C35H30FN5O3S2. The van der Waals surface area contributed by atoms with E-state index in [1.165, 1.54) is 35.2 Å². The van der Waals surface area contributed by atoms with E-state index in [1.54, 1.807) is 66.1 Å². The van der Waals surface area contributed by atoms with Gasteiger partial charge in [0.2, 0.25) is 5.91 Å². The number of thiazole rings is 1. The van der Waals surface area contributed by atoms with E-state index < -0.39 is 11.8 Å². The van der Waals surface area contributed by atoms with Gasteiger partial charge in [0.25, 0.3) is 11.8 Å². The minimum absolute atomic E-state index is 0.0762. The van der Waals surface area contributed by atoms with Gasteiger partial charge in [-0.25, -0.2) is 9.37 Å². The quantitative estimate of drug-likeness (QED) is 0.104. The molecule has 0 fully saturated rings. The lowest BCUT2D eigenvalue weighted by Crippen LogP contribution is -2.30. The molecule has 0 bridgehead atoms. The first-order valence-corrected chi connectivity index (χ1v) is 16.0. The zero-order valence-corrected chi connectivity index (χ0v) is 26.6. The molecule has 4 aromatic carbocycles. The van der Waals surface area contributed by atoms with Gasteiger partial charge in [-0.1, -0.05) is 36.4 Å². The summed E-state index contributed by atoms with van der Waals surface area (Å²) in [4.78, 5) is 46.2. The van der Waals surface area contributed by atoms with Crippen LogP contribution >= 0.6 is 23.1 Å². The van der Waals surface area contributed by atoms with Crippen molar-refractivity contribution < 1.29 is 18.8 Å². The van der Waals surface area contributed by atoms with Crippen molar-refractivity contribution in [3.05, 3.63) is 131 Å². The van der Waals surface area contributed by atoms with Gasteiger partial charge in [0.05, 0.1) is 11.4 Å². The second-order valence-corrected chi connectivity index (χ2v) is 12.1. The summed E-state index contributed by atoms with van der Waals surface area (Å²) in [6, 6.07) is 29.4. The summed E-state index contributed by atoms with van der Waals surface area (Å²) in [6.07, 6.45) is 1.62. The molecule has 0 aliphatic rings. The van der Waals surface area contributed by atoms with E-state index in [9.17, 15) is 18.8 Å². The lowest BCUT2D eigenvalue weighted by molar-refractivity contribution is -0.114. The van der Waals surface area contributed by atoms with E-state index in [2.05, 4.69) is 20.9 Å². The first-order valence-electron chi connectivity index (χ1n) is 14.1. The maximum atomic E-state index is 13.5. The third-order valence-corrected chi connectivity index (χ3v) is 8.35. The average Bonchev–Trinajstić information content (AvgIpc) is 3.53. The Morgan fingerprint density at radius 1 is 0.891 bits per heavy atom. The van der Waals surface area contributed by atoms with Gasteiger partial charge in [-0.3, -0.25) is 14.4 Å². The number of amides is 3. The van der Waals surface area contributed by atoms with Crippen LogP contribution in [0.15, 0.2) is 119 Å². The van der Waals surface area contributed by atoms with Crippen molar-refractivity contribution in [3.8, 4) is 11.3 Å². The molecular weight excluding hydrogens is 622 g/mol. The smallest absolute Gasteiger partial charge is 0.272 e. The molecule has 0 radical (unpaired) electrons. The van der Waals surface area contributed by atoms with Gasteiger partial charge in [0, 0.05) is 46.9 Å². The monoisotopic (exact) mass is 651 g/mol. The fraction of sp³-hybridized carbons (Fsp3) is 0.0857. The summed E-state index contributed by atoms with van der Waals surface area (Å²) in [5, 5.41) is 10.6. The van der Waals surface area contributed by atoms with Crippen LogP contribution in [0, 0.1) is 5.82 Å². The molecule has 46 heavy (non-hydrogen) atoms. The summed E-state index contributed by atoms with van der Waals surface area (Å²) in [6.45, 7) is 0. The molecule has 0 atom stereocenters. The van der Waals surface area contributed by atoms with E-state index in [0.29, 0.717) is 22.1 Å². The molecule has 0 aliphatic heterocycles. The van der Waals surface area contributed by atoms with E-state index in [1.807, 2.05) is 55.4 Å². The molecule has 0 spiro atoms. The van der Waals surface area contributed by atoms with Crippen molar-refractivity contribution >= 4 is 63.4 Å². The van der Waals surface area contributed by atoms with Gasteiger partial charge in [-0.15, -0.1) is 23.1 Å². The van der Waals surface area contributed by atoms with Crippen LogP contribution in [-0.4, -0.2) is 42.6 Å². The van der Waals surface area contributed by atoms with Crippen LogP contribution in [0.2, 0.25) is 0 Å². The highest BCUT2D eigenvalue weighted by atomic mass is 32.2. The number of hydrogen-bond donors (Lipinski definition) is 3. The Morgan fingerprint density at radius 3 is 2.35 bits per heavy atom. The Labute approximate surface area is 274 Å². The van der Waals surface area contributed by atoms with Crippen LogP contribution < -0.4 is 20.9 Å². The molecule has 1 heterocycles. The predicted octanol–water partition coefficient (Wildman–Crippen LogP) is 7.16. The Kier molecular flexibility index (Phi) is 10.6. The maximum absolute atomic E-state index is 13.5. The SMILES string of the molecule is CN(C)c1ccc(/C=C(/NC(=O)c2ccccc2)C(=O)Nc2cccc(SCC(=O)Nc3nc(-c4ccc(F)cc4)cs3)c2)cc1. The Balaban J connectivity index is 1.23. The first kappa shape index (κ1) is 32.1. The molecule has 232 valence electrons. The molecule has 3 amide bonds. The molecule has 5 rings (SSSR count). The number of aromatic nitrogens is 1. The number of benzene rings is 4. The largest absolute Gasteiger partial charge is 0.378 e. The van der Waals surface area contributed by atoms with E-state index in [0.717, 1.165) is 21.7 Å². The van der Waals surface area contributed by atoms with Crippen LogP contribution in [-0.2, 0) is 9.59 Å². The number of thioether (sulfide) groups is 1. The molecule has 5 aromatic rings. The zero-order valence-electron chi connectivity index (χ0n) is 25.0. The van der Waals surface area contributed by atoms with Gasteiger partial charge in [-0.05, 0) is 78.4 Å². The van der Waals surface area contributed by atoms with Crippen molar-refractivity contribution in [2.45, 2.75) is 4.90 Å². The molecule has 0 unspecified atom stereocenters. The van der Waals surface area contributed by atoms with E-state index in [-0.39, 0.29) is 23.2 Å². The summed E-state index contributed by atoms with van der Waals surface area (Å²) >= 11 is 2.58.